The molecule has 0 spiro atoms. The summed E-state index contributed by atoms with van der Waals surface area (Å²) < 4.78 is 24.8. The SMILES string of the molecule is N[C@@H](CF)c1cc(Cl)cnc1F. The van der Waals surface area contributed by atoms with E-state index in [0.29, 0.717) is 0 Å². The monoisotopic (exact) mass is 192 g/mol. The van der Waals surface area contributed by atoms with Gasteiger partial charge in [0.2, 0.25) is 5.95 Å². The van der Waals surface area contributed by atoms with Crippen LogP contribution in [0.4, 0.5) is 8.78 Å². The van der Waals surface area contributed by atoms with Crippen molar-refractivity contribution in [2.24, 2.45) is 5.73 Å². The third-order valence-corrected chi connectivity index (χ3v) is 1.61. The number of alkyl halides is 1. The molecule has 0 radical (unpaired) electrons. The summed E-state index contributed by atoms with van der Waals surface area (Å²) in [6, 6.07) is 0.282. The van der Waals surface area contributed by atoms with Crippen molar-refractivity contribution >= 4 is 11.6 Å². The van der Waals surface area contributed by atoms with Crippen LogP contribution < -0.4 is 5.73 Å². The number of nitrogens with zero attached hydrogens (tertiary/aromatic N) is 1. The van der Waals surface area contributed by atoms with Gasteiger partial charge in [0.05, 0.1) is 11.1 Å². The van der Waals surface area contributed by atoms with Crippen LogP contribution in [0.2, 0.25) is 5.02 Å². The summed E-state index contributed by atoms with van der Waals surface area (Å²) in [5.74, 6) is -0.774. The molecule has 2 N–H and O–H groups in total. The van der Waals surface area contributed by atoms with E-state index in [1.807, 2.05) is 0 Å². The van der Waals surface area contributed by atoms with Crippen molar-refractivity contribution in [3.8, 4) is 0 Å². The highest BCUT2D eigenvalue weighted by Gasteiger charge is 2.12. The zero-order valence-electron chi connectivity index (χ0n) is 6.10. The van der Waals surface area contributed by atoms with Crippen LogP contribution in [0, 0.1) is 5.95 Å². The molecule has 1 aromatic rings. The van der Waals surface area contributed by atoms with E-state index in [1.165, 1.54) is 6.07 Å². The Hall–Kier alpha value is -0.740. The van der Waals surface area contributed by atoms with E-state index in [0.717, 1.165) is 6.20 Å². The van der Waals surface area contributed by atoms with Gasteiger partial charge in [0.25, 0.3) is 0 Å². The molecule has 1 atom stereocenters. The van der Waals surface area contributed by atoms with Gasteiger partial charge in [-0.1, -0.05) is 11.6 Å². The molecule has 0 fully saturated rings. The minimum absolute atomic E-state index is 0.00463. The van der Waals surface area contributed by atoms with Crippen LogP contribution in [0.5, 0.6) is 0 Å². The maximum atomic E-state index is 12.8. The normalized spacial score (nSPS) is 13.0. The standard InChI is InChI=1S/C7H7ClF2N2/c8-4-1-5(6(11)2-9)7(10)12-3-4/h1,3,6H,2,11H2/t6-/m0/s1. The summed E-state index contributed by atoms with van der Waals surface area (Å²) in [6.07, 6.45) is 1.14. The highest BCUT2D eigenvalue weighted by Crippen LogP contribution is 2.17. The molecule has 0 aliphatic carbocycles. The van der Waals surface area contributed by atoms with Gasteiger partial charge < -0.3 is 5.73 Å². The van der Waals surface area contributed by atoms with Gasteiger partial charge >= 0.3 is 0 Å². The van der Waals surface area contributed by atoms with Crippen LogP contribution in [0.25, 0.3) is 0 Å². The maximum Gasteiger partial charge on any atom is 0.217 e. The average Bonchev–Trinajstić information content (AvgIpc) is 2.08. The van der Waals surface area contributed by atoms with E-state index in [-0.39, 0.29) is 10.6 Å². The van der Waals surface area contributed by atoms with Gasteiger partial charge in [0.15, 0.2) is 0 Å². The molecule has 0 unspecified atom stereocenters. The quantitative estimate of drug-likeness (QED) is 0.727. The molecule has 5 heteroatoms. The molecule has 0 amide bonds. The Labute approximate surface area is 73.4 Å². The van der Waals surface area contributed by atoms with Crippen molar-refractivity contribution in [2.45, 2.75) is 6.04 Å². The summed E-state index contributed by atoms with van der Waals surface area (Å²) in [5.41, 5.74) is 5.25. The van der Waals surface area contributed by atoms with Crippen LogP contribution >= 0.6 is 11.6 Å². The van der Waals surface area contributed by atoms with E-state index in [4.69, 9.17) is 17.3 Å². The van der Waals surface area contributed by atoms with E-state index in [1.54, 1.807) is 0 Å². The molecule has 12 heavy (non-hydrogen) atoms. The minimum Gasteiger partial charge on any atom is -0.322 e. The largest absolute Gasteiger partial charge is 0.322 e. The molecule has 1 heterocycles. The van der Waals surface area contributed by atoms with Gasteiger partial charge in [-0.2, -0.15) is 4.39 Å². The Kier molecular flexibility index (Phi) is 2.94. The predicted octanol–water partition coefficient (Wildman–Crippen LogP) is 1.84. The Balaban J connectivity index is 3.04. The van der Waals surface area contributed by atoms with E-state index in [9.17, 15) is 8.78 Å². The summed E-state index contributed by atoms with van der Waals surface area (Å²) in [6.45, 7) is -0.834. The number of nitrogens with two attached hydrogens (primary N) is 1. The number of hydrogen-bond acceptors (Lipinski definition) is 2. The zero-order chi connectivity index (χ0) is 9.14. The topological polar surface area (TPSA) is 38.9 Å². The van der Waals surface area contributed by atoms with Crippen molar-refractivity contribution in [3.63, 3.8) is 0 Å². The molecule has 0 aromatic carbocycles. The van der Waals surface area contributed by atoms with Gasteiger partial charge in [0, 0.05) is 11.8 Å². The fraction of sp³-hybridized carbons (Fsp3) is 0.286. The van der Waals surface area contributed by atoms with Crippen LogP contribution in [0.3, 0.4) is 0 Å². The molecule has 0 aliphatic rings. The summed E-state index contributed by atoms with van der Waals surface area (Å²) in [5, 5.41) is 0.246. The van der Waals surface area contributed by atoms with Crippen molar-refractivity contribution in [1.29, 1.82) is 0 Å². The Bertz CT molecular complexity index is 280. The summed E-state index contributed by atoms with van der Waals surface area (Å²) in [7, 11) is 0. The lowest BCUT2D eigenvalue weighted by Gasteiger charge is -2.07. The van der Waals surface area contributed by atoms with E-state index >= 15 is 0 Å². The van der Waals surface area contributed by atoms with Crippen molar-refractivity contribution in [1.82, 2.24) is 4.98 Å². The first kappa shape index (κ1) is 9.35. The van der Waals surface area contributed by atoms with Crippen molar-refractivity contribution in [3.05, 3.63) is 28.8 Å². The number of rotatable bonds is 2. The van der Waals surface area contributed by atoms with Crippen molar-refractivity contribution < 1.29 is 8.78 Å². The molecule has 2 nitrogen and oxygen atoms in total. The summed E-state index contributed by atoms with van der Waals surface area (Å²) >= 11 is 5.51. The molecular weight excluding hydrogens is 186 g/mol. The molecule has 0 bridgehead atoms. The average molecular weight is 193 g/mol. The number of halogens is 3. The maximum absolute atomic E-state index is 12.8. The summed E-state index contributed by atoms with van der Waals surface area (Å²) in [4.78, 5) is 3.30. The third-order valence-electron chi connectivity index (χ3n) is 1.40. The molecule has 1 rings (SSSR count). The number of pyridine rings is 1. The van der Waals surface area contributed by atoms with Gasteiger partial charge in [-0.05, 0) is 6.07 Å². The van der Waals surface area contributed by atoms with Crippen LogP contribution in [-0.2, 0) is 0 Å². The molecule has 1 aromatic heterocycles. The molecule has 0 saturated carbocycles. The third kappa shape index (κ3) is 1.89. The predicted molar refractivity (Wildman–Crippen MR) is 42.1 cm³/mol. The fourth-order valence-corrected chi connectivity index (χ4v) is 0.948. The van der Waals surface area contributed by atoms with Crippen LogP contribution in [-0.4, -0.2) is 11.7 Å². The lowest BCUT2D eigenvalue weighted by molar-refractivity contribution is 0.422. The molecule has 0 saturated heterocycles. The van der Waals surface area contributed by atoms with Crippen LogP contribution in [0.1, 0.15) is 11.6 Å². The molecule has 0 aliphatic heterocycles. The lowest BCUT2D eigenvalue weighted by atomic mass is 10.1. The van der Waals surface area contributed by atoms with Crippen LogP contribution in [0.15, 0.2) is 12.3 Å². The highest BCUT2D eigenvalue weighted by atomic mass is 35.5. The first-order valence-electron chi connectivity index (χ1n) is 3.27. The molecular formula is C7H7ClF2N2. The minimum atomic E-state index is -0.990. The van der Waals surface area contributed by atoms with Gasteiger partial charge in [-0.15, -0.1) is 0 Å². The molecule has 66 valence electrons. The van der Waals surface area contributed by atoms with Gasteiger partial charge in [-0.3, -0.25) is 0 Å². The first-order valence-corrected chi connectivity index (χ1v) is 3.65. The second-order valence-corrected chi connectivity index (χ2v) is 2.73. The van der Waals surface area contributed by atoms with Crippen molar-refractivity contribution in [2.75, 3.05) is 6.67 Å². The van der Waals surface area contributed by atoms with E-state index in [2.05, 4.69) is 4.98 Å². The smallest absolute Gasteiger partial charge is 0.217 e. The van der Waals surface area contributed by atoms with Gasteiger partial charge in [0.1, 0.15) is 6.67 Å². The highest BCUT2D eigenvalue weighted by molar-refractivity contribution is 6.30. The fourth-order valence-electron chi connectivity index (χ4n) is 0.781. The second kappa shape index (κ2) is 3.78. The Morgan fingerprint density at radius 2 is 2.33 bits per heavy atom. The zero-order valence-corrected chi connectivity index (χ0v) is 6.85. The lowest BCUT2D eigenvalue weighted by Crippen LogP contribution is -2.14. The Morgan fingerprint density at radius 1 is 1.67 bits per heavy atom. The Morgan fingerprint density at radius 3 is 2.92 bits per heavy atom. The first-order chi connectivity index (χ1) is 5.65. The second-order valence-electron chi connectivity index (χ2n) is 2.29. The van der Waals surface area contributed by atoms with Gasteiger partial charge in [-0.25, -0.2) is 9.37 Å². The van der Waals surface area contributed by atoms with E-state index < -0.39 is 18.7 Å². The number of aromatic nitrogens is 1. The number of hydrogen-bond donors (Lipinski definition) is 1.